The third-order valence-corrected chi connectivity index (χ3v) is 3.74. The Morgan fingerprint density at radius 1 is 1.37 bits per heavy atom. The minimum Gasteiger partial charge on any atom is -0.369 e. The molecule has 104 valence electrons. The number of imidazole rings is 1. The summed E-state index contributed by atoms with van der Waals surface area (Å²) in [6.07, 6.45) is 7.63. The molecule has 0 saturated heterocycles. The summed E-state index contributed by atoms with van der Waals surface area (Å²) in [5.41, 5.74) is 6.60. The minimum atomic E-state index is -0.111. The van der Waals surface area contributed by atoms with Crippen molar-refractivity contribution in [2.75, 3.05) is 5.73 Å². The van der Waals surface area contributed by atoms with Crippen LogP contribution in [-0.4, -0.2) is 19.5 Å². The lowest BCUT2D eigenvalue weighted by atomic mass is 9.89. The molecule has 3 rings (SSSR count). The van der Waals surface area contributed by atoms with Crippen LogP contribution in [0, 0.1) is 5.92 Å². The monoisotopic (exact) mass is 283 g/mol. The van der Waals surface area contributed by atoms with E-state index >= 15 is 0 Å². The van der Waals surface area contributed by atoms with Gasteiger partial charge in [0.2, 0.25) is 5.95 Å². The molecule has 6 nitrogen and oxygen atoms in total. The SMILES string of the molecule is Cl.Nc1nc2nc[nH]c2c(=O)n1CC1CCCCC1. The van der Waals surface area contributed by atoms with E-state index in [1.54, 1.807) is 4.57 Å². The summed E-state index contributed by atoms with van der Waals surface area (Å²) in [7, 11) is 0. The summed E-state index contributed by atoms with van der Waals surface area (Å²) in [5, 5.41) is 0. The van der Waals surface area contributed by atoms with Crippen molar-refractivity contribution in [1.82, 2.24) is 19.5 Å². The van der Waals surface area contributed by atoms with E-state index in [1.807, 2.05) is 0 Å². The summed E-state index contributed by atoms with van der Waals surface area (Å²) in [6.45, 7) is 0.673. The van der Waals surface area contributed by atoms with E-state index in [9.17, 15) is 4.79 Å². The lowest BCUT2D eigenvalue weighted by Gasteiger charge is -2.22. The highest BCUT2D eigenvalue weighted by Crippen LogP contribution is 2.25. The van der Waals surface area contributed by atoms with E-state index in [0.717, 1.165) is 0 Å². The first-order valence-corrected chi connectivity index (χ1v) is 6.45. The van der Waals surface area contributed by atoms with Crippen LogP contribution in [0.1, 0.15) is 32.1 Å². The molecular weight excluding hydrogens is 266 g/mol. The highest BCUT2D eigenvalue weighted by atomic mass is 35.5. The highest BCUT2D eigenvalue weighted by molar-refractivity contribution is 5.85. The number of aromatic nitrogens is 4. The Kier molecular flexibility index (Phi) is 4.09. The average molecular weight is 284 g/mol. The van der Waals surface area contributed by atoms with Gasteiger partial charge >= 0.3 is 0 Å². The molecule has 1 fully saturated rings. The molecule has 0 amide bonds. The van der Waals surface area contributed by atoms with Crippen molar-refractivity contribution >= 4 is 29.5 Å². The van der Waals surface area contributed by atoms with Crippen LogP contribution in [0.5, 0.6) is 0 Å². The maximum absolute atomic E-state index is 12.3. The molecule has 2 aromatic heterocycles. The Hall–Kier alpha value is -1.56. The maximum atomic E-state index is 12.3. The molecule has 1 saturated carbocycles. The third-order valence-electron chi connectivity index (χ3n) is 3.74. The van der Waals surface area contributed by atoms with Crippen LogP contribution in [0.2, 0.25) is 0 Å². The van der Waals surface area contributed by atoms with Gasteiger partial charge in [-0.05, 0) is 18.8 Å². The zero-order chi connectivity index (χ0) is 12.5. The molecule has 3 N–H and O–H groups in total. The van der Waals surface area contributed by atoms with Gasteiger partial charge in [0, 0.05) is 6.54 Å². The fraction of sp³-hybridized carbons (Fsp3) is 0.583. The van der Waals surface area contributed by atoms with Crippen LogP contribution in [0.25, 0.3) is 11.2 Å². The molecule has 1 aliphatic carbocycles. The zero-order valence-electron chi connectivity index (χ0n) is 10.6. The van der Waals surface area contributed by atoms with Gasteiger partial charge in [-0.2, -0.15) is 4.98 Å². The zero-order valence-corrected chi connectivity index (χ0v) is 11.4. The van der Waals surface area contributed by atoms with Crippen molar-refractivity contribution in [3.05, 3.63) is 16.7 Å². The molecule has 0 spiro atoms. The fourth-order valence-electron chi connectivity index (χ4n) is 2.74. The van der Waals surface area contributed by atoms with Gasteiger partial charge in [0.1, 0.15) is 0 Å². The number of nitrogen functional groups attached to an aromatic ring is 1. The van der Waals surface area contributed by atoms with Crippen molar-refractivity contribution < 1.29 is 0 Å². The van der Waals surface area contributed by atoms with Crippen LogP contribution in [0.15, 0.2) is 11.1 Å². The number of hydrogen-bond acceptors (Lipinski definition) is 4. The van der Waals surface area contributed by atoms with Crippen molar-refractivity contribution in [2.24, 2.45) is 5.92 Å². The molecule has 7 heteroatoms. The number of hydrogen-bond donors (Lipinski definition) is 2. The molecule has 0 aromatic carbocycles. The summed E-state index contributed by atoms with van der Waals surface area (Å²) >= 11 is 0. The van der Waals surface area contributed by atoms with Crippen molar-refractivity contribution in [1.29, 1.82) is 0 Å². The number of fused-ring (bicyclic) bond motifs is 1. The Morgan fingerprint density at radius 2 is 2.11 bits per heavy atom. The number of nitrogens with zero attached hydrogens (tertiary/aromatic N) is 3. The number of rotatable bonds is 2. The molecule has 2 aromatic rings. The fourth-order valence-corrected chi connectivity index (χ4v) is 2.74. The summed E-state index contributed by atoms with van der Waals surface area (Å²) < 4.78 is 1.58. The Morgan fingerprint density at radius 3 is 2.84 bits per heavy atom. The standard InChI is InChI=1S/C12H17N5O.ClH/c13-12-16-10-9(14-7-15-10)11(18)17(12)6-8-4-2-1-3-5-8;/h7-8H,1-6H2,(H2,13,16)(H,14,15);1H. The van der Waals surface area contributed by atoms with E-state index in [1.165, 1.54) is 38.4 Å². The largest absolute Gasteiger partial charge is 0.369 e. The normalized spacial score (nSPS) is 16.4. The van der Waals surface area contributed by atoms with Crippen molar-refractivity contribution in [3.63, 3.8) is 0 Å². The van der Waals surface area contributed by atoms with Gasteiger partial charge in [-0.15, -0.1) is 12.4 Å². The van der Waals surface area contributed by atoms with E-state index in [2.05, 4.69) is 15.0 Å². The van der Waals surface area contributed by atoms with Crippen LogP contribution >= 0.6 is 12.4 Å². The van der Waals surface area contributed by atoms with Crippen molar-refractivity contribution in [3.8, 4) is 0 Å². The molecule has 19 heavy (non-hydrogen) atoms. The van der Waals surface area contributed by atoms with Crippen LogP contribution < -0.4 is 11.3 Å². The smallest absolute Gasteiger partial charge is 0.280 e. The predicted molar refractivity (Wildman–Crippen MR) is 76.4 cm³/mol. The minimum absolute atomic E-state index is 0. The Labute approximate surface area is 116 Å². The van der Waals surface area contributed by atoms with Gasteiger partial charge in [-0.1, -0.05) is 19.3 Å². The van der Waals surface area contributed by atoms with Gasteiger partial charge in [0.15, 0.2) is 11.2 Å². The predicted octanol–water partition coefficient (Wildman–Crippen LogP) is 1.70. The van der Waals surface area contributed by atoms with Crippen LogP contribution in [-0.2, 0) is 6.54 Å². The molecule has 1 aliphatic rings. The van der Waals surface area contributed by atoms with Crippen molar-refractivity contribution in [2.45, 2.75) is 38.6 Å². The third kappa shape index (κ3) is 2.58. The molecule has 0 bridgehead atoms. The number of nitrogens with two attached hydrogens (primary N) is 1. The first-order chi connectivity index (χ1) is 8.75. The second-order valence-corrected chi connectivity index (χ2v) is 4.99. The Bertz CT molecular complexity index is 614. The average Bonchev–Trinajstić information content (AvgIpc) is 2.84. The van der Waals surface area contributed by atoms with E-state index in [4.69, 9.17) is 5.73 Å². The number of halogens is 1. The highest BCUT2D eigenvalue weighted by Gasteiger charge is 2.17. The second-order valence-electron chi connectivity index (χ2n) is 4.99. The number of H-pyrrole nitrogens is 1. The number of anilines is 1. The molecule has 0 unspecified atom stereocenters. The molecular formula is C12H18ClN5O. The van der Waals surface area contributed by atoms with Gasteiger partial charge in [-0.25, -0.2) is 4.98 Å². The van der Waals surface area contributed by atoms with Gasteiger partial charge < -0.3 is 10.7 Å². The number of aromatic amines is 1. The number of nitrogens with one attached hydrogen (secondary N) is 1. The van der Waals surface area contributed by atoms with E-state index in [0.29, 0.717) is 23.6 Å². The van der Waals surface area contributed by atoms with E-state index < -0.39 is 0 Å². The van der Waals surface area contributed by atoms with Crippen LogP contribution in [0.3, 0.4) is 0 Å². The lowest BCUT2D eigenvalue weighted by molar-refractivity contribution is 0.317. The summed E-state index contributed by atoms with van der Waals surface area (Å²) in [5.74, 6) is 0.811. The topological polar surface area (TPSA) is 89.6 Å². The first kappa shape index (κ1) is 13.9. The second kappa shape index (κ2) is 5.61. The Balaban J connectivity index is 0.00000133. The maximum Gasteiger partial charge on any atom is 0.280 e. The van der Waals surface area contributed by atoms with E-state index in [-0.39, 0.29) is 23.9 Å². The molecule has 2 heterocycles. The lowest BCUT2D eigenvalue weighted by Crippen LogP contribution is -2.28. The first-order valence-electron chi connectivity index (χ1n) is 6.45. The van der Waals surface area contributed by atoms with Gasteiger partial charge in [-0.3, -0.25) is 9.36 Å². The van der Waals surface area contributed by atoms with Gasteiger partial charge in [0.25, 0.3) is 5.56 Å². The summed E-state index contributed by atoms with van der Waals surface area (Å²) in [6, 6.07) is 0. The molecule has 0 aliphatic heterocycles. The molecule has 0 radical (unpaired) electrons. The summed E-state index contributed by atoms with van der Waals surface area (Å²) in [4.78, 5) is 23.2. The quantitative estimate of drug-likeness (QED) is 0.878. The van der Waals surface area contributed by atoms with Gasteiger partial charge in [0.05, 0.1) is 6.33 Å². The van der Waals surface area contributed by atoms with Crippen LogP contribution in [0.4, 0.5) is 5.95 Å². The molecule has 0 atom stereocenters.